The van der Waals surface area contributed by atoms with Gasteiger partial charge in [0.25, 0.3) is 0 Å². The molecule has 1 N–H and O–H groups in total. The number of amides is 3. The van der Waals surface area contributed by atoms with Crippen molar-refractivity contribution in [3.05, 3.63) is 24.3 Å². The molecule has 1 rings (SSSR count). The number of likely N-dealkylation sites (N-methyl/N-ethyl adjacent to an activating group) is 1. The largest absolute Gasteiger partial charge is 0.452 e. The van der Waals surface area contributed by atoms with Crippen LogP contribution in [0.25, 0.3) is 0 Å². The highest BCUT2D eigenvalue weighted by Gasteiger charge is 2.21. The van der Waals surface area contributed by atoms with Crippen LogP contribution in [0, 0.1) is 0 Å². The summed E-state index contributed by atoms with van der Waals surface area (Å²) in [5.41, 5.74) is 0.545. The number of ether oxygens (including phenoxy) is 2. The molecule has 0 unspecified atom stereocenters. The standard InChI is InChI=1S/C17H25N3O5/c1-17(2,3)25-15(22)19(4)11-14(21)18-12-7-9-13(10-8-12)20(5)16(23)24-6/h7-10H,11H2,1-6H3,(H,18,21). The molecule has 0 spiro atoms. The third-order valence-electron chi connectivity index (χ3n) is 3.07. The summed E-state index contributed by atoms with van der Waals surface area (Å²) in [6.45, 7) is 5.13. The van der Waals surface area contributed by atoms with Crippen molar-refractivity contribution in [3.8, 4) is 0 Å². The number of carbonyl (C=O) groups is 3. The summed E-state index contributed by atoms with van der Waals surface area (Å²) < 4.78 is 9.81. The molecule has 3 amide bonds. The Morgan fingerprint density at radius 2 is 1.60 bits per heavy atom. The molecule has 1 aromatic rings. The molecule has 0 saturated heterocycles. The van der Waals surface area contributed by atoms with E-state index in [2.05, 4.69) is 10.1 Å². The van der Waals surface area contributed by atoms with Gasteiger partial charge in [0.15, 0.2) is 0 Å². The normalized spacial score (nSPS) is 10.6. The van der Waals surface area contributed by atoms with Gasteiger partial charge in [0, 0.05) is 25.5 Å². The molecular weight excluding hydrogens is 326 g/mol. The lowest BCUT2D eigenvalue weighted by Gasteiger charge is -2.24. The Bertz CT molecular complexity index is 622. The van der Waals surface area contributed by atoms with E-state index in [0.29, 0.717) is 11.4 Å². The molecule has 0 atom stereocenters. The van der Waals surface area contributed by atoms with Crippen LogP contribution < -0.4 is 10.2 Å². The Hall–Kier alpha value is -2.77. The van der Waals surface area contributed by atoms with Crippen LogP contribution in [0.15, 0.2) is 24.3 Å². The lowest BCUT2D eigenvalue weighted by molar-refractivity contribution is -0.117. The topological polar surface area (TPSA) is 88.2 Å². The van der Waals surface area contributed by atoms with Crippen LogP contribution >= 0.6 is 0 Å². The lowest BCUT2D eigenvalue weighted by atomic mass is 10.2. The number of carbonyl (C=O) groups excluding carboxylic acids is 3. The van der Waals surface area contributed by atoms with Crippen LogP contribution in [0.3, 0.4) is 0 Å². The van der Waals surface area contributed by atoms with Gasteiger partial charge < -0.3 is 19.7 Å². The van der Waals surface area contributed by atoms with Gasteiger partial charge in [-0.05, 0) is 45.0 Å². The summed E-state index contributed by atoms with van der Waals surface area (Å²) >= 11 is 0. The van der Waals surface area contributed by atoms with Crippen molar-refractivity contribution in [1.29, 1.82) is 0 Å². The predicted octanol–water partition coefficient (Wildman–Crippen LogP) is 2.69. The van der Waals surface area contributed by atoms with Gasteiger partial charge in [-0.3, -0.25) is 9.69 Å². The predicted molar refractivity (Wildman–Crippen MR) is 94.7 cm³/mol. The molecule has 8 heteroatoms. The summed E-state index contributed by atoms with van der Waals surface area (Å²) in [5, 5.41) is 2.68. The minimum atomic E-state index is -0.622. The minimum absolute atomic E-state index is 0.140. The van der Waals surface area contributed by atoms with Gasteiger partial charge in [-0.2, -0.15) is 0 Å². The van der Waals surface area contributed by atoms with Crippen molar-refractivity contribution in [3.63, 3.8) is 0 Å². The molecule has 0 aliphatic rings. The fourth-order valence-electron chi connectivity index (χ4n) is 1.83. The Morgan fingerprint density at radius 1 is 1.04 bits per heavy atom. The van der Waals surface area contributed by atoms with Crippen LogP contribution in [-0.2, 0) is 14.3 Å². The zero-order chi connectivity index (χ0) is 19.2. The second kappa shape index (κ2) is 8.36. The van der Waals surface area contributed by atoms with E-state index in [0.717, 1.165) is 0 Å². The maximum atomic E-state index is 12.0. The molecule has 8 nitrogen and oxygen atoms in total. The number of nitrogens with one attached hydrogen (secondary N) is 1. The van der Waals surface area contributed by atoms with Crippen LogP contribution in [0.4, 0.5) is 21.0 Å². The highest BCUT2D eigenvalue weighted by molar-refractivity contribution is 5.94. The Kier molecular flexibility index (Phi) is 6.78. The molecule has 0 fully saturated rings. The van der Waals surface area contributed by atoms with Gasteiger partial charge in [0.05, 0.1) is 7.11 Å². The lowest BCUT2D eigenvalue weighted by Crippen LogP contribution is -2.38. The molecule has 25 heavy (non-hydrogen) atoms. The molecule has 0 bridgehead atoms. The summed E-state index contributed by atoms with van der Waals surface area (Å²) in [6, 6.07) is 6.65. The number of hydrogen-bond donors (Lipinski definition) is 1. The second-order valence-electron chi connectivity index (χ2n) is 6.46. The van der Waals surface area contributed by atoms with Crippen molar-refractivity contribution in [2.45, 2.75) is 26.4 Å². The first-order chi connectivity index (χ1) is 11.5. The molecule has 0 aliphatic carbocycles. The number of rotatable bonds is 4. The van der Waals surface area contributed by atoms with Crippen LogP contribution in [0.5, 0.6) is 0 Å². The number of anilines is 2. The first-order valence-electron chi connectivity index (χ1n) is 7.69. The smallest absolute Gasteiger partial charge is 0.413 e. The van der Waals surface area contributed by atoms with Crippen molar-refractivity contribution in [2.24, 2.45) is 0 Å². The maximum absolute atomic E-state index is 12.0. The van der Waals surface area contributed by atoms with E-state index < -0.39 is 17.8 Å². The fraction of sp³-hybridized carbons (Fsp3) is 0.471. The molecule has 0 radical (unpaired) electrons. The first-order valence-corrected chi connectivity index (χ1v) is 7.69. The summed E-state index contributed by atoms with van der Waals surface area (Å²) in [6.07, 6.45) is -1.06. The van der Waals surface area contributed by atoms with E-state index in [-0.39, 0.29) is 12.5 Å². The number of methoxy groups -OCH3 is 1. The van der Waals surface area contributed by atoms with Crippen LogP contribution in [0.1, 0.15) is 20.8 Å². The third-order valence-corrected chi connectivity index (χ3v) is 3.07. The van der Waals surface area contributed by atoms with E-state index in [1.807, 2.05) is 0 Å². The molecule has 0 aliphatic heterocycles. The quantitative estimate of drug-likeness (QED) is 0.901. The van der Waals surface area contributed by atoms with Crippen molar-refractivity contribution < 1.29 is 23.9 Å². The number of hydrogen-bond acceptors (Lipinski definition) is 5. The highest BCUT2D eigenvalue weighted by atomic mass is 16.6. The van der Waals surface area contributed by atoms with E-state index in [1.165, 1.54) is 24.0 Å². The van der Waals surface area contributed by atoms with Crippen molar-refractivity contribution in [2.75, 3.05) is 38.0 Å². The molecule has 0 heterocycles. The highest BCUT2D eigenvalue weighted by Crippen LogP contribution is 2.17. The fourth-order valence-corrected chi connectivity index (χ4v) is 1.83. The molecular formula is C17H25N3O5. The van der Waals surface area contributed by atoms with Crippen LogP contribution in [0.2, 0.25) is 0 Å². The molecule has 0 aromatic heterocycles. The van der Waals surface area contributed by atoms with E-state index in [4.69, 9.17) is 4.74 Å². The van der Waals surface area contributed by atoms with Crippen molar-refractivity contribution >= 4 is 29.5 Å². The average Bonchev–Trinajstić information content (AvgIpc) is 2.52. The van der Waals surface area contributed by atoms with Gasteiger partial charge >= 0.3 is 12.2 Å². The van der Waals surface area contributed by atoms with Crippen molar-refractivity contribution in [1.82, 2.24) is 4.90 Å². The monoisotopic (exact) mass is 351 g/mol. The zero-order valence-electron chi connectivity index (χ0n) is 15.5. The van der Waals surface area contributed by atoms with Gasteiger partial charge in [0.2, 0.25) is 5.91 Å². The Labute approximate surface area is 147 Å². The first kappa shape index (κ1) is 20.3. The van der Waals surface area contributed by atoms with E-state index >= 15 is 0 Å². The summed E-state index contributed by atoms with van der Waals surface area (Å²) in [4.78, 5) is 37.8. The molecule has 138 valence electrons. The number of nitrogens with zero attached hydrogens (tertiary/aromatic N) is 2. The molecule has 0 saturated carbocycles. The van der Waals surface area contributed by atoms with Gasteiger partial charge in [-0.1, -0.05) is 0 Å². The SMILES string of the molecule is COC(=O)N(C)c1ccc(NC(=O)CN(C)C(=O)OC(C)(C)C)cc1. The minimum Gasteiger partial charge on any atom is -0.452 e. The maximum Gasteiger partial charge on any atom is 0.413 e. The summed E-state index contributed by atoms with van der Waals surface area (Å²) in [7, 11) is 4.37. The number of benzene rings is 1. The third kappa shape index (κ3) is 6.70. The molecule has 1 aromatic carbocycles. The van der Waals surface area contributed by atoms with Gasteiger partial charge in [-0.25, -0.2) is 9.59 Å². The van der Waals surface area contributed by atoms with E-state index in [9.17, 15) is 14.4 Å². The zero-order valence-corrected chi connectivity index (χ0v) is 15.5. The van der Waals surface area contributed by atoms with Gasteiger partial charge in [-0.15, -0.1) is 0 Å². The summed E-state index contributed by atoms with van der Waals surface area (Å²) in [5.74, 6) is -0.359. The second-order valence-corrected chi connectivity index (χ2v) is 6.46. The van der Waals surface area contributed by atoms with Gasteiger partial charge in [0.1, 0.15) is 12.1 Å². The average molecular weight is 351 g/mol. The Morgan fingerprint density at radius 3 is 2.08 bits per heavy atom. The van der Waals surface area contributed by atoms with Crippen LogP contribution in [-0.4, -0.2) is 56.3 Å². The Balaban J connectivity index is 2.60. The van der Waals surface area contributed by atoms with E-state index in [1.54, 1.807) is 52.1 Å².